The van der Waals surface area contributed by atoms with Crippen molar-refractivity contribution in [1.82, 2.24) is 4.57 Å². The van der Waals surface area contributed by atoms with Crippen LogP contribution in [0.3, 0.4) is 0 Å². The first-order chi connectivity index (χ1) is 14.5. The quantitative estimate of drug-likeness (QED) is 0.560. The Morgan fingerprint density at radius 2 is 1.70 bits per heavy atom. The number of hydrogen-bond acceptors (Lipinski definition) is 7. The average Bonchev–Trinajstić information content (AvgIpc) is 3.09. The standard InChI is InChI=1S/C21H20N2O6S/c1-4-29-15-9-10-16-17(11-15)30-21(23(16)12-18(24)27-2)22-19(25)13-5-7-14(8-6-13)20(26)28-3/h5-11H,4,12H2,1-3H3. The Labute approximate surface area is 176 Å². The number of nitrogens with zero attached hydrogens (tertiary/aromatic N) is 2. The Morgan fingerprint density at radius 1 is 1.00 bits per heavy atom. The zero-order valence-corrected chi connectivity index (χ0v) is 17.5. The molecule has 2 aromatic carbocycles. The van der Waals surface area contributed by atoms with E-state index >= 15 is 0 Å². The molecule has 0 aliphatic rings. The van der Waals surface area contributed by atoms with Crippen molar-refractivity contribution in [2.24, 2.45) is 4.99 Å². The number of methoxy groups -OCH3 is 2. The van der Waals surface area contributed by atoms with Crippen LogP contribution in [0.1, 0.15) is 27.6 Å². The molecular formula is C21H20N2O6S. The highest BCUT2D eigenvalue weighted by atomic mass is 32.1. The molecule has 3 aromatic rings. The Hall–Kier alpha value is -3.46. The van der Waals surface area contributed by atoms with Crippen LogP contribution >= 0.6 is 11.3 Å². The summed E-state index contributed by atoms with van der Waals surface area (Å²) in [6.45, 7) is 2.33. The van der Waals surface area contributed by atoms with Gasteiger partial charge in [-0.25, -0.2) is 4.79 Å². The van der Waals surface area contributed by atoms with Crippen LogP contribution < -0.4 is 9.54 Å². The second kappa shape index (κ2) is 9.36. The van der Waals surface area contributed by atoms with E-state index in [1.807, 2.05) is 19.1 Å². The molecule has 0 N–H and O–H groups in total. The van der Waals surface area contributed by atoms with Crippen LogP contribution in [0.5, 0.6) is 5.75 Å². The number of esters is 2. The number of carbonyl (C=O) groups excluding carboxylic acids is 3. The molecule has 0 spiro atoms. The van der Waals surface area contributed by atoms with Crippen molar-refractivity contribution in [3.63, 3.8) is 0 Å². The Kier molecular flexibility index (Phi) is 6.63. The summed E-state index contributed by atoms with van der Waals surface area (Å²) >= 11 is 1.26. The van der Waals surface area contributed by atoms with Crippen LogP contribution in [-0.4, -0.2) is 43.2 Å². The largest absolute Gasteiger partial charge is 0.494 e. The van der Waals surface area contributed by atoms with Gasteiger partial charge < -0.3 is 18.8 Å². The van der Waals surface area contributed by atoms with Gasteiger partial charge in [-0.15, -0.1) is 0 Å². The van der Waals surface area contributed by atoms with E-state index in [0.717, 1.165) is 10.2 Å². The molecule has 9 heteroatoms. The number of benzene rings is 2. The van der Waals surface area contributed by atoms with Crippen molar-refractivity contribution < 1.29 is 28.6 Å². The van der Waals surface area contributed by atoms with E-state index in [-0.39, 0.29) is 6.54 Å². The SMILES string of the molecule is CCOc1ccc2c(c1)sc(=NC(=O)c1ccc(C(=O)OC)cc1)n2CC(=O)OC. The van der Waals surface area contributed by atoms with Crippen LogP contribution in [0.4, 0.5) is 0 Å². The van der Waals surface area contributed by atoms with Crippen molar-refractivity contribution in [2.75, 3.05) is 20.8 Å². The molecule has 3 rings (SSSR count). The topological polar surface area (TPSA) is 96.2 Å². The highest BCUT2D eigenvalue weighted by molar-refractivity contribution is 7.16. The average molecular weight is 428 g/mol. The maximum absolute atomic E-state index is 12.7. The summed E-state index contributed by atoms with van der Waals surface area (Å²) in [6.07, 6.45) is 0. The van der Waals surface area contributed by atoms with Crippen molar-refractivity contribution in [3.05, 3.63) is 58.4 Å². The molecule has 8 nitrogen and oxygen atoms in total. The van der Waals surface area contributed by atoms with Gasteiger partial charge in [-0.1, -0.05) is 11.3 Å². The molecule has 1 aromatic heterocycles. The van der Waals surface area contributed by atoms with Gasteiger partial charge in [0.1, 0.15) is 12.3 Å². The van der Waals surface area contributed by atoms with Gasteiger partial charge in [0, 0.05) is 5.56 Å². The van der Waals surface area contributed by atoms with Crippen molar-refractivity contribution in [2.45, 2.75) is 13.5 Å². The predicted octanol–water partition coefficient (Wildman–Crippen LogP) is 2.80. The third-order valence-electron chi connectivity index (χ3n) is 4.23. The van der Waals surface area contributed by atoms with Crippen molar-refractivity contribution >= 4 is 39.4 Å². The second-order valence-electron chi connectivity index (χ2n) is 6.10. The van der Waals surface area contributed by atoms with Gasteiger partial charge in [0.15, 0.2) is 4.80 Å². The number of ether oxygens (including phenoxy) is 3. The highest BCUT2D eigenvalue weighted by Gasteiger charge is 2.14. The second-order valence-corrected chi connectivity index (χ2v) is 7.10. The van der Waals surface area contributed by atoms with Crippen LogP contribution in [-0.2, 0) is 20.8 Å². The van der Waals surface area contributed by atoms with Gasteiger partial charge in [-0.05, 0) is 49.4 Å². The maximum Gasteiger partial charge on any atom is 0.337 e. The molecule has 0 saturated carbocycles. The molecule has 156 valence electrons. The molecule has 0 bridgehead atoms. The Balaban J connectivity index is 2.04. The van der Waals surface area contributed by atoms with Gasteiger partial charge in [-0.3, -0.25) is 9.59 Å². The van der Waals surface area contributed by atoms with Crippen molar-refractivity contribution in [3.8, 4) is 5.75 Å². The molecule has 0 aliphatic carbocycles. The fourth-order valence-electron chi connectivity index (χ4n) is 2.76. The minimum atomic E-state index is -0.499. The summed E-state index contributed by atoms with van der Waals surface area (Å²) in [4.78, 5) is 40.7. The molecule has 0 saturated heterocycles. The fourth-order valence-corrected chi connectivity index (χ4v) is 3.82. The summed E-state index contributed by atoms with van der Waals surface area (Å²) in [5, 5.41) is 0. The van der Waals surface area contributed by atoms with Gasteiger partial charge in [0.2, 0.25) is 0 Å². The first kappa shape index (κ1) is 21.3. The molecule has 1 heterocycles. The van der Waals surface area contributed by atoms with E-state index in [0.29, 0.717) is 28.3 Å². The van der Waals surface area contributed by atoms with Gasteiger partial charge in [0.25, 0.3) is 5.91 Å². The molecule has 0 unspecified atom stereocenters. The molecular weight excluding hydrogens is 408 g/mol. The Morgan fingerprint density at radius 3 is 2.33 bits per heavy atom. The van der Waals surface area contributed by atoms with E-state index in [2.05, 4.69) is 9.73 Å². The van der Waals surface area contributed by atoms with Crippen LogP contribution in [0.2, 0.25) is 0 Å². The first-order valence-electron chi connectivity index (χ1n) is 9.07. The number of thiazole rings is 1. The minimum Gasteiger partial charge on any atom is -0.494 e. The normalized spacial score (nSPS) is 11.4. The number of rotatable bonds is 6. The fraction of sp³-hybridized carbons (Fsp3) is 0.238. The summed E-state index contributed by atoms with van der Waals surface area (Å²) in [6, 6.07) is 11.4. The summed E-state index contributed by atoms with van der Waals surface area (Å²) < 4.78 is 17.4. The van der Waals surface area contributed by atoms with Gasteiger partial charge in [-0.2, -0.15) is 4.99 Å². The van der Waals surface area contributed by atoms with E-state index in [9.17, 15) is 14.4 Å². The maximum atomic E-state index is 12.7. The molecule has 0 fully saturated rings. The zero-order chi connectivity index (χ0) is 21.7. The van der Waals surface area contributed by atoms with Crippen LogP contribution in [0.15, 0.2) is 47.5 Å². The summed E-state index contributed by atoms with van der Waals surface area (Å²) in [7, 11) is 2.59. The smallest absolute Gasteiger partial charge is 0.337 e. The van der Waals surface area contributed by atoms with E-state index in [4.69, 9.17) is 9.47 Å². The molecule has 0 atom stereocenters. The number of amides is 1. The molecule has 0 radical (unpaired) electrons. The van der Waals surface area contributed by atoms with E-state index < -0.39 is 17.8 Å². The third-order valence-corrected chi connectivity index (χ3v) is 5.27. The lowest BCUT2D eigenvalue weighted by Crippen LogP contribution is -2.22. The number of fused-ring (bicyclic) bond motifs is 1. The van der Waals surface area contributed by atoms with Crippen LogP contribution in [0.25, 0.3) is 10.2 Å². The highest BCUT2D eigenvalue weighted by Crippen LogP contribution is 2.23. The first-order valence-corrected chi connectivity index (χ1v) is 9.89. The van der Waals surface area contributed by atoms with Crippen molar-refractivity contribution in [1.29, 1.82) is 0 Å². The number of aromatic nitrogens is 1. The lowest BCUT2D eigenvalue weighted by molar-refractivity contribution is -0.141. The van der Waals surface area contributed by atoms with Gasteiger partial charge >= 0.3 is 11.9 Å². The lowest BCUT2D eigenvalue weighted by Gasteiger charge is -2.05. The monoisotopic (exact) mass is 428 g/mol. The summed E-state index contributed by atoms with van der Waals surface area (Å²) in [5.74, 6) is -0.759. The zero-order valence-electron chi connectivity index (χ0n) is 16.7. The van der Waals surface area contributed by atoms with Crippen LogP contribution in [0, 0.1) is 0 Å². The van der Waals surface area contributed by atoms with E-state index in [1.54, 1.807) is 10.6 Å². The summed E-state index contributed by atoms with van der Waals surface area (Å²) in [5.41, 5.74) is 1.38. The number of hydrogen-bond donors (Lipinski definition) is 0. The Bertz CT molecular complexity index is 1160. The minimum absolute atomic E-state index is 0.0854. The molecule has 1 amide bonds. The lowest BCUT2D eigenvalue weighted by atomic mass is 10.1. The molecule has 30 heavy (non-hydrogen) atoms. The van der Waals surface area contributed by atoms with Gasteiger partial charge in [0.05, 0.1) is 36.6 Å². The third kappa shape index (κ3) is 4.57. The molecule has 0 aliphatic heterocycles. The number of carbonyl (C=O) groups is 3. The van der Waals surface area contributed by atoms with E-state index in [1.165, 1.54) is 49.8 Å². The predicted molar refractivity (Wildman–Crippen MR) is 111 cm³/mol.